The van der Waals surface area contributed by atoms with Gasteiger partial charge in [-0.3, -0.25) is 0 Å². The van der Waals surface area contributed by atoms with E-state index in [1.165, 1.54) is 6.07 Å². The number of nitrogens with two attached hydrogens (primary N) is 1. The molecule has 106 valence electrons. The molecule has 0 spiro atoms. The topological polar surface area (TPSA) is 60.2 Å². The van der Waals surface area contributed by atoms with E-state index in [9.17, 15) is 12.8 Å². The summed E-state index contributed by atoms with van der Waals surface area (Å²) in [4.78, 5) is 0. The molecule has 1 heterocycles. The molecule has 1 aliphatic heterocycles. The Balaban J connectivity index is 2.14. The van der Waals surface area contributed by atoms with Gasteiger partial charge in [-0.05, 0) is 42.9 Å². The maximum atomic E-state index is 13.4. The standard InChI is InChI=1S/C13H17ClFNO2S/c14-13-9(2-1-3-12(13)15)6-11(7-16)10-4-5-19(17,18)8-10/h1-3,10-11H,4-8,16H2. The van der Waals surface area contributed by atoms with Crippen LogP contribution in [0.15, 0.2) is 18.2 Å². The summed E-state index contributed by atoms with van der Waals surface area (Å²) in [7, 11) is -2.92. The fraction of sp³-hybridized carbons (Fsp3) is 0.538. The lowest BCUT2D eigenvalue weighted by Crippen LogP contribution is -2.26. The van der Waals surface area contributed by atoms with Gasteiger partial charge in [0.25, 0.3) is 0 Å². The van der Waals surface area contributed by atoms with Crippen molar-refractivity contribution in [2.24, 2.45) is 17.6 Å². The highest BCUT2D eigenvalue weighted by atomic mass is 35.5. The first-order chi connectivity index (χ1) is 8.93. The number of halogens is 2. The third-order valence-electron chi connectivity index (χ3n) is 3.75. The molecule has 0 amide bonds. The summed E-state index contributed by atoms with van der Waals surface area (Å²) < 4.78 is 36.4. The van der Waals surface area contributed by atoms with Crippen LogP contribution < -0.4 is 5.73 Å². The largest absolute Gasteiger partial charge is 0.330 e. The summed E-state index contributed by atoms with van der Waals surface area (Å²) in [6, 6.07) is 4.68. The minimum absolute atomic E-state index is 0.0246. The van der Waals surface area contributed by atoms with Crippen LogP contribution in [-0.4, -0.2) is 26.5 Å². The first kappa shape index (κ1) is 14.8. The Bertz CT molecular complexity index is 562. The van der Waals surface area contributed by atoms with Crippen LogP contribution in [0.1, 0.15) is 12.0 Å². The monoisotopic (exact) mass is 305 g/mol. The van der Waals surface area contributed by atoms with E-state index in [2.05, 4.69) is 0 Å². The second-order valence-electron chi connectivity index (χ2n) is 5.08. The van der Waals surface area contributed by atoms with E-state index in [0.717, 1.165) is 0 Å². The van der Waals surface area contributed by atoms with Crippen LogP contribution in [0.4, 0.5) is 4.39 Å². The number of hydrogen-bond donors (Lipinski definition) is 1. The third-order valence-corrected chi connectivity index (χ3v) is 5.97. The van der Waals surface area contributed by atoms with E-state index in [0.29, 0.717) is 24.9 Å². The minimum Gasteiger partial charge on any atom is -0.330 e. The van der Waals surface area contributed by atoms with Crippen LogP contribution in [-0.2, 0) is 16.3 Å². The zero-order chi connectivity index (χ0) is 14.0. The predicted molar refractivity (Wildman–Crippen MR) is 74.4 cm³/mol. The van der Waals surface area contributed by atoms with Gasteiger partial charge in [-0.25, -0.2) is 12.8 Å². The fourth-order valence-corrected chi connectivity index (χ4v) is 4.75. The van der Waals surface area contributed by atoms with Crippen LogP contribution in [0.3, 0.4) is 0 Å². The smallest absolute Gasteiger partial charge is 0.150 e. The molecule has 1 aromatic carbocycles. The summed E-state index contributed by atoms with van der Waals surface area (Å²) in [6.45, 7) is 0.382. The van der Waals surface area contributed by atoms with Gasteiger partial charge >= 0.3 is 0 Å². The molecule has 0 aliphatic carbocycles. The zero-order valence-corrected chi connectivity index (χ0v) is 12.1. The molecule has 1 aliphatic rings. The highest BCUT2D eigenvalue weighted by Gasteiger charge is 2.33. The van der Waals surface area contributed by atoms with E-state index >= 15 is 0 Å². The van der Waals surface area contributed by atoms with E-state index in [1.807, 2.05) is 0 Å². The molecule has 0 saturated carbocycles. The van der Waals surface area contributed by atoms with E-state index in [-0.39, 0.29) is 28.4 Å². The maximum absolute atomic E-state index is 13.4. The Morgan fingerprint density at radius 2 is 2.21 bits per heavy atom. The lowest BCUT2D eigenvalue weighted by molar-refractivity contribution is 0.370. The van der Waals surface area contributed by atoms with Crippen molar-refractivity contribution in [3.05, 3.63) is 34.6 Å². The van der Waals surface area contributed by atoms with Crippen molar-refractivity contribution < 1.29 is 12.8 Å². The number of hydrogen-bond acceptors (Lipinski definition) is 3. The van der Waals surface area contributed by atoms with Gasteiger partial charge in [0.15, 0.2) is 9.84 Å². The van der Waals surface area contributed by atoms with Gasteiger partial charge < -0.3 is 5.73 Å². The van der Waals surface area contributed by atoms with Gasteiger partial charge in [0.2, 0.25) is 0 Å². The SMILES string of the molecule is NCC(Cc1cccc(F)c1Cl)C1CCS(=O)(=O)C1. The Morgan fingerprint density at radius 1 is 1.47 bits per heavy atom. The maximum Gasteiger partial charge on any atom is 0.150 e. The Labute approximate surface area is 117 Å². The van der Waals surface area contributed by atoms with Crippen molar-refractivity contribution in [1.29, 1.82) is 0 Å². The Hall–Kier alpha value is -0.650. The third kappa shape index (κ3) is 3.46. The van der Waals surface area contributed by atoms with Crippen LogP contribution >= 0.6 is 11.6 Å². The molecule has 1 saturated heterocycles. The molecule has 3 nitrogen and oxygen atoms in total. The lowest BCUT2D eigenvalue weighted by atomic mass is 9.86. The lowest BCUT2D eigenvalue weighted by Gasteiger charge is -2.21. The Morgan fingerprint density at radius 3 is 2.79 bits per heavy atom. The first-order valence-corrected chi connectivity index (χ1v) is 8.46. The number of rotatable bonds is 4. The van der Waals surface area contributed by atoms with Crippen molar-refractivity contribution in [2.75, 3.05) is 18.1 Å². The van der Waals surface area contributed by atoms with Crippen LogP contribution in [0, 0.1) is 17.7 Å². The minimum atomic E-state index is -2.92. The van der Waals surface area contributed by atoms with Gasteiger partial charge in [0.05, 0.1) is 16.5 Å². The predicted octanol–water partition coefficient (Wildman–Crippen LogP) is 2.03. The molecule has 19 heavy (non-hydrogen) atoms. The van der Waals surface area contributed by atoms with Crippen LogP contribution in [0.5, 0.6) is 0 Å². The average molecular weight is 306 g/mol. The van der Waals surface area contributed by atoms with Gasteiger partial charge in [0, 0.05) is 0 Å². The molecule has 2 unspecified atom stereocenters. The van der Waals surface area contributed by atoms with Gasteiger partial charge in [-0.1, -0.05) is 23.7 Å². The van der Waals surface area contributed by atoms with E-state index < -0.39 is 15.7 Å². The summed E-state index contributed by atoms with van der Waals surface area (Å²) in [6.07, 6.45) is 1.16. The fourth-order valence-electron chi connectivity index (χ4n) is 2.63. The quantitative estimate of drug-likeness (QED) is 0.926. The molecule has 6 heteroatoms. The summed E-state index contributed by atoms with van der Waals surface area (Å²) in [5.41, 5.74) is 6.44. The van der Waals surface area contributed by atoms with Crippen molar-refractivity contribution in [3.8, 4) is 0 Å². The van der Waals surface area contributed by atoms with Crippen molar-refractivity contribution in [1.82, 2.24) is 0 Å². The zero-order valence-electron chi connectivity index (χ0n) is 10.5. The molecule has 1 fully saturated rings. The number of benzene rings is 1. The summed E-state index contributed by atoms with van der Waals surface area (Å²) in [5.74, 6) is 0.0345. The van der Waals surface area contributed by atoms with Gasteiger partial charge in [-0.2, -0.15) is 0 Å². The molecule has 0 aromatic heterocycles. The van der Waals surface area contributed by atoms with Crippen LogP contribution in [0.2, 0.25) is 5.02 Å². The molecule has 1 aromatic rings. The second-order valence-corrected chi connectivity index (χ2v) is 7.68. The first-order valence-electron chi connectivity index (χ1n) is 6.26. The number of sulfone groups is 1. The molecule has 2 atom stereocenters. The van der Waals surface area contributed by atoms with Crippen LogP contribution in [0.25, 0.3) is 0 Å². The van der Waals surface area contributed by atoms with Gasteiger partial charge in [-0.15, -0.1) is 0 Å². The Kier molecular flexibility index (Phi) is 4.48. The normalized spacial score (nSPS) is 23.4. The summed E-state index contributed by atoms with van der Waals surface area (Å²) in [5, 5.41) is 0.113. The molecular weight excluding hydrogens is 289 g/mol. The molecule has 2 rings (SSSR count). The van der Waals surface area contributed by atoms with E-state index in [1.54, 1.807) is 12.1 Å². The second kappa shape index (κ2) is 5.77. The molecular formula is C13H17ClFNO2S. The summed E-state index contributed by atoms with van der Waals surface area (Å²) >= 11 is 5.92. The van der Waals surface area contributed by atoms with Crippen molar-refractivity contribution >= 4 is 21.4 Å². The average Bonchev–Trinajstić information content (AvgIpc) is 2.71. The molecule has 0 bridgehead atoms. The molecule has 0 radical (unpaired) electrons. The molecule has 2 N–H and O–H groups in total. The van der Waals surface area contributed by atoms with Gasteiger partial charge in [0.1, 0.15) is 5.82 Å². The van der Waals surface area contributed by atoms with E-state index in [4.69, 9.17) is 17.3 Å². The highest BCUT2D eigenvalue weighted by Crippen LogP contribution is 2.30. The van der Waals surface area contributed by atoms with Crippen molar-refractivity contribution in [2.45, 2.75) is 12.8 Å². The highest BCUT2D eigenvalue weighted by molar-refractivity contribution is 7.91. The van der Waals surface area contributed by atoms with Crippen molar-refractivity contribution in [3.63, 3.8) is 0 Å².